The first-order valence-corrected chi connectivity index (χ1v) is 14.3. The molecule has 0 radical (unpaired) electrons. The molecule has 0 saturated heterocycles. The van der Waals surface area contributed by atoms with Crippen LogP contribution in [0.5, 0.6) is 0 Å². The van der Waals surface area contributed by atoms with Crippen molar-refractivity contribution in [1.29, 1.82) is 0 Å². The molecular formula is C31H52O2. The Kier molecular flexibility index (Phi) is 5.08. The molecule has 0 aliphatic heterocycles. The summed E-state index contributed by atoms with van der Waals surface area (Å²) in [5.74, 6) is 2.66. The Morgan fingerprint density at radius 2 is 1.27 bits per heavy atom. The van der Waals surface area contributed by atoms with Gasteiger partial charge in [0, 0.05) is 18.4 Å². The Morgan fingerprint density at radius 3 is 1.94 bits per heavy atom. The van der Waals surface area contributed by atoms with Gasteiger partial charge in [-0.1, -0.05) is 55.4 Å². The molecule has 0 aromatic rings. The zero-order valence-corrected chi connectivity index (χ0v) is 23.1. The van der Waals surface area contributed by atoms with Gasteiger partial charge in [-0.3, -0.25) is 4.79 Å². The molecule has 2 heteroatoms. The minimum absolute atomic E-state index is 0.102. The summed E-state index contributed by atoms with van der Waals surface area (Å²) in [6.07, 6.45) is 13.5. The van der Waals surface area contributed by atoms with Gasteiger partial charge in [-0.2, -0.15) is 0 Å². The van der Waals surface area contributed by atoms with E-state index in [1.807, 2.05) is 0 Å². The van der Waals surface area contributed by atoms with Crippen molar-refractivity contribution in [2.45, 2.75) is 126 Å². The van der Waals surface area contributed by atoms with E-state index in [0.29, 0.717) is 40.0 Å². The predicted octanol–water partition coefficient (Wildman–Crippen LogP) is 7.82. The molecule has 0 aromatic carbocycles. The average Bonchev–Trinajstić information content (AvgIpc) is 2.75. The number of aliphatic hydroxyl groups excluding tert-OH is 1. The molecule has 33 heavy (non-hydrogen) atoms. The number of carbonyl (C=O) groups excluding carboxylic acids is 1. The van der Waals surface area contributed by atoms with Gasteiger partial charge in [0.05, 0.1) is 0 Å². The van der Waals surface area contributed by atoms with E-state index in [1.54, 1.807) is 0 Å². The van der Waals surface area contributed by atoms with E-state index in [-0.39, 0.29) is 16.2 Å². The van der Waals surface area contributed by atoms with Crippen LogP contribution in [0.25, 0.3) is 0 Å². The fraction of sp³-hybridized carbons (Fsp3) is 0.968. The van der Waals surface area contributed by atoms with Crippen LogP contribution in [0.4, 0.5) is 0 Å². The highest BCUT2D eigenvalue weighted by Crippen LogP contribution is 2.79. The van der Waals surface area contributed by atoms with E-state index in [9.17, 15) is 9.90 Å². The highest BCUT2D eigenvalue weighted by molar-refractivity contribution is 5.86. The lowest BCUT2D eigenvalue weighted by atomic mass is 9.29. The molecule has 9 atom stereocenters. The summed E-state index contributed by atoms with van der Waals surface area (Å²) in [7, 11) is 0. The topological polar surface area (TPSA) is 37.3 Å². The van der Waals surface area contributed by atoms with Crippen LogP contribution in [0.3, 0.4) is 0 Å². The third-order valence-corrected chi connectivity index (χ3v) is 14.6. The van der Waals surface area contributed by atoms with Crippen molar-refractivity contribution in [3.63, 3.8) is 0 Å². The third-order valence-electron chi connectivity index (χ3n) is 14.6. The van der Waals surface area contributed by atoms with E-state index in [0.717, 1.165) is 24.7 Å². The normalized spacial score (nSPS) is 58.0. The van der Waals surface area contributed by atoms with E-state index >= 15 is 0 Å². The number of hydrogen-bond acceptors (Lipinski definition) is 2. The number of rotatable bonds is 1. The second-order valence-corrected chi connectivity index (χ2v) is 15.9. The number of Topliss-reactive ketones (excluding diaryl/α,β-unsaturated/α-hetero) is 1. The Bertz CT molecular complexity index is 846. The van der Waals surface area contributed by atoms with Gasteiger partial charge in [-0.25, -0.2) is 0 Å². The van der Waals surface area contributed by atoms with E-state index in [4.69, 9.17) is 0 Å². The maximum absolute atomic E-state index is 13.0. The number of hydrogen-bond donors (Lipinski definition) is 1. The molecule has 1 N–H and O–H groups in total. The van der Waals surface area contributed by atoms with E-state index in [1.165, 1.54) is 57.8 Å². The molecule has 5 fully saturated rings. The van der Waals surface area contributed by atoms with Gasteiger partial charge in [0.1, 0.15) is 5.78 Å². The van der Waals surface area contributed by atoms with Crippen LogP contribution in [0.2, 0.25) is 0 Å². The number of ketones is 1. The molecule has 0 aromatic heterocycles. The van der Waals surface area contributed by atoms with Gasteiger partial charge in [-0.05, 0) is 114 Å². The second-order valence-electron chi connectivity index (χ2n) is 15.9. The summed E-state index contributed by atoms with van der Waals surface area (Å²) in [6.45, 7) is 20.3. The number of carbonyl (C=O) groups is 1. The molecule has 188 valence electrons. The Labute approximate surface area is 204 Å². The van der Waals surface area contributed by atoms with Crippen LogP contribution in [0.15, 0.2) is 0 Å². The molecule has 5 rings (SSSR count). The molecule has 5 aliphatic carbocycles. The van der Waals surface area contributed by atoms with Crippen molar-refractivity contribution in [2.24, 2.45) is 55.7 Å². The van der Waals surface area contributed by atoms with Crippen LogP contribution in [-0.4, -0.2) is 17.5 Å². The lowest BCUT2D eigenvalue weighted by molar-refractivity contribution is -0.263. The average molecular weight is 457 g/mol. The van der Waals surface area contributed by atoms with E-state index in [2.05, 4.69) is 55.4 Å². The molecule has 0 spiro atoms. The minimum atomic E-state index is -0.191. The Hall–Kier alpha value is -0.370. The summed E-state index contributed by atoms with van der Waals surface area (Å²) in [5, 5.41) is 10.3. The summed E-state index contributed by atoms with van der Waals surface area (Å²) >= 11 is 0. The molecule has 0 heterocycles. The Morgan fingerprint density at radius 1 is 0.697 bits per heavy atom. The molecular weight excluding hydrogens is 404 g/mol. The fourth-order valence-corrected chi connectivity index (χ4v) is 11.4. The highest BCUT2D eigenvalue weighted by atomic mass is 16.3. The Balaban J connectivity index is 1.55. The van der Waals surface area contributed by atoms with Gasteiger partial charge in [-0.15, -0.1) is 0 Å². The maximum atomic E-state index is 13.0. The third kappa shape index (κ3) is 2.80. The fourth-order valence-electron chi connectivity index (χ4n) is 11.4. The van der Waals surface area contributed by atoms with Crippen LogP contribution >= 0.6 is 0 Å². The zero-order chi connectivity index (χ0) is 24.3. The first-order chi connectivity index (χ1) is 15.1. The van der Waals surface area contributed by atoms with Crippen molar-refractivity contribution in [3.05, 3.63) is 0 Å². The van der Waals surface area contributed by atoms with Crippen molar-refractivity contribution < 1.29 is 9.90 Å². The molecule has 0 amide bonds. The molecule has 2 nitrogen and oxygen atoms in total. The van der Waals surface area contributed by atoms with Gasteiger partial charge >= 0.3 is 0 Å². The standard InChI is InChI=1S/C31H52O2/c1-25(2)24(33)10-9-21-28(5)16-18-31(8)23-19-26(3,20-32)13-14-27(23,4)15-17-30(31,7)22(28)11-12-29(21,25)6/h21-23,32H,9-20H2,1-8H3/t21-,22-,23+,26+,27+,28-,29-,30+,31-/m0/s1. The summed E-state index contributed by atoms with van der Waals surface area (Å²) < 4.78 is 0. The summed E-state index contributed by atoms with van der Waals surface area (Å²) in [6, 6.07) is 0. The SMILES string of the molecule is CC1(C)C(=O)CC[C@H]2[C@]3(C)CC[C@@]4(C)[C@@H]5C[C@](C)(CO)CC[C@]5(C)CC[C@]4(C)[C@H]3CC[C@@]21C. The highest BCUT2D eigenvalue weighted by Gasteiger charge is 2.72. The largest absolute Gasteiger partial charge is 0.396 e. The molecule has 0 unspecified atom stereocenters. The zero-order valence-electron chi connectivity index (χ0n) is 23.1. The quantitative estimate of drug-likeness (QED) is 0.436. The van der Waals surface area contributed by atoms with Gasteiger partial charge in [0.2, 0.25) is 0 Å². The number of fused-ring (bicyclic) bond motifs is 7. The lowest BCUT2D eigenvalue weighted by Gasteiger charge is -2.75. The lowest BCUT2D eigenvalue weighted by Crippen LogP contribution is -2.68. The van der Waals surface area contributed by atoms with Gasteiger partial charge in [0.25, 0.3) is 0 Å². The van der Waals surface area contributed by atoms with Gasteiger partial charge in [0.15, 0.2) is 0 Å². The van der Waals surface area contributed by atoms with Crippen molar-refractivity contribution in [3.8, 4) is 0 Å². The van der Waals surface area contributed by atoms with Crippen LogP contribution in [0, 0.1) is 55.7 Å². The van der Waals surface area contributed by atoms with Crippen LogP contribution in [-0.2, 0) is 4.79 Å². The summed E-state index contributed by atoms with van der Waals surface area (Å²) in [5.41, 5.74) is 1.57. The molecule has 5 aliphatic rings. The van der Waals surface area contributed by atoms with Crippen molar-refractivity contribution >= 4 is 5.78 Å². The predicted molar refractivity (Wildman–Crippen MR) is 136 cm³/mol. The molecule has 5 saturated carbocycles. The first-order valence-electron chi connectivity index (χ1n) is 14.3. The monoisotopic (exact) mass is 456 g/mol. The van der Waals surface area contributed by atoms with Crippen LogP contribution in [0.1, 0.15) is 126 Å². The summed E-state index contributed by atoms with van der Waals surface area (Å²) in [4.78, 5) is 13.0. The minimum Gasteiger partial charge on any atom is -0.396 e. The number of aliphatic hydroxyl groups is 1. The maximum Gasteiger partial charge on any atom is 0.139 e. The van der Waals surface area contributed by atoms with Crippen LogP contribution < -0.4 is 0 Å². The first kappa shape index (κ1) is 24.3. The van der Waals surface area contributed by atoms with Gasteiger partial charge < -0.3 is 5.11 Å². The van der Waals surface area contributed by atoms with Crippen molar-refractivity contribution in [1.82, 2.24) is 0 Å². The van der Waals surface area contributed by atoms with E-state index < -0.39 is 0 Å². The second kappa shape index (κ2) is 6.89. The van der Waals surface area contributed by atoms with Crippen molar-refractivity contribution in [2.75, 3.05) is 6.61 Å². The smallest absolute Gasteiger partial charge is 0.139 e. The molecule has 0 bridgehead atoms.